The van der Waals surface area contributed by atoms with E-state index in [1.807, 2.05) is 67.3 Å². The van der Waals surface area contributed by atoms with Gasteiger partial charge in [0.25, 0.3) is 0 Å². The van der Waals surface area contributed by atoms with E-state index in [9.17, 15) is 13.5 Å². The minimum atomic E-state index is -1.08. The molecule has 2 aromatic carbocycles. The van der Waals surface area contributed by atoms with Crippen LogP contribution in [0.25, 0.3) is 22.5 Å². The molecule has 3 atom stereocenters. The van der Waals surface area contributed by atoms with Crippen LogP contribution in [0, 0.1) is 0 Å². The first-order valence-electron chi connectivity index (χ1n) is 10.2. The summed E-state index contributed by atoms with van der Waals surface area (Å²) in [6.45, 7) is 6.12. The van der Waals surface area contributed by atoms with Crippen molar-refractivity contribution in [2.24, 2.45) is 0 Å². The fraction of sp³-hybridized carbons (Fsp3) is 0.348. The predicted octanol–water partition coefficient (Wildman–Crippen LogP) is 3.28. The quantitative estimate of drug-likeness (QED) is 0.537. The van der Waals surface area contributed by atoms with Crippen molar-refractivity contribution in [1.29, 1.82) is 0 Å². The van der Waals surface area contributed by atoms with Gasteiger partial charge in [0, 0.05) is 67.6 Å². The minimum Gasteiger partial charge on any atom is -0.392 e. The standard InChI is InChI=1S/C23H28N4O3S2/c1-15(2)27(14-16(3)28)23-24-21(17-6-10-19(11-7-17)31(4)29)22(25-26-23)18-8-12-20(13-9-18)32(5)30/h6-13,15-16,28H,14H2,1-5H3. The molecule has 0 bridgehead atoms. The first-order valence-corrected chi connectivity index (χ1v) is 13.4. The smallest absolute Gasteiger partial charge is 0.246 e. The number of hydrogen-bond acceptors (Lipinski definition) is 7. The Labute approximate surface area is 193 Å². The van der Waals surface area contributed by atoms with Crippen LogP contribution in [0.2, 0.25) is 0 Å². The van der Waals surface area contributed by atoms with E-state index in [1.54, 1.807) is 19.4 Å². The summed E-state index contributed by atoms with van der Waals surface area (Å²) < 4.78 is 23.6. The first-order chi connectivity index (χ1) is 15.2. The lowest BCUT2D eigenvalue weighted by Crippen LogP contribution is -2.38. The number of anilines is 1. The van der Waals surface area contributed by atoms with E-state index in [0.29, 0.717) is 23.9 Å². The van der Waals surface area contributed by atoms with E-state index in [4.69, 9.17) is 4.98 Å². The molecule has 0 fully saturated rings. The van der Waals surface area contributed by atoms with Crippen molar-refractivity contribution in [3.63, 3.8) is 0 Å². The van der Waals surface area contributed by atoms with Gasteiger partial charge >= 0.3 is 0 Å². The molecule has 0 saturated carbocycles. The zero-order chi connectivity index (χ0) is 23.4. The maximum absolute atomic E-state index is 11.8. The Kier molecular flexibility index (Phi) is 7.86. The van der Waals surface area contributed by atoms with Crippen molar-refractivity contribution in [3.05, 3.63) is 48.5 Å². The third-order valence-corrected chi connectivity index (χ3v) is 6.81. The van der Waals surface area contributed by atoms with Crippen LogP contribution in [0.3, 0.4) is 0 Å². The summed E-state index contributed by atoms with van der Waals surface area (Å²) in [6, 6.07) is 14.8. The van der Waals surface area contributed by atoms with Gasteiger partial charge in [0.15, 0.2) is 0 Å². The van der Waals surface area contributed by atoms with Crippen molar-refractivity contribution in [3.8, 4) is 22.5 Å². The Balaban J connectivity index is 2.15. The van der Waals surface area contributed by atoms with Gasteiger partial charge in [-0.3, -0.25) is 8.42 Å². The van der Waals surface area contributed by atoms with Gasteiger partial charge < -0.3 is 10.0 Å². The second-order valence-corrected chi connectivity index (χ2v) is 10.6. The largest absolute Gasteiger partial charge is 0.392 e. The highest BCUT2D eigenvalue weighted by atomic mass is 32.2. The van der Waals surface area contributed by atoms with E-state index in [0.717, 1.165) is 20.9 Å². The topological polar surface area (TPSA) is 96.3 Å². The van der Waals surface area contributed by atoms with Crippen LogP contribution in [0.15, 0.2) is 58.3 Å². The molecule has 170 valence electrons. The van der Waals surface area contributed by atoms with Crippen LogP contribution in [-0.4, -0.2) is 59.9 Å². The van der Waals surface area contributed by atoms with Gasteiger partial charge in [0.2, 0.25) is 5.95 Å². The number of aliphatic hydroxyl groups is 1. The number of rotatable bonds is 8. The predicted molar refractivity (Wildman–Crippen MR) is 130 cm³/mol. The van der Waals surface area contributed by atoms with Crippen molar-refractivity contribution >= 4 is 27.5 Å². The van der Waals surface area contributed by atoms with Crippen LogP contribution in [0.1, 0.15) is 20.8 Å². The van der Waals surface area contributed by atoms with Crippen molar-refractivity contribution in [2.45, 2.75) is 42.7 Å². The lowest BCUT2D eigenvalue weighted by atomic mass is 10.0. The van der Waals surface area contributed by atoms with Gasteiger partial charge in [0.05, 0.1) is 6.10 Å². The summed E-state index contributed by atoms with van der Waals surface area (Å²) in [5, 5.41) is 18.8. The van der Waals surface area contributed by atoms with Crippen LogP contribution in [0.4, 0.5) is 5.95 Å². The molecule has 1 heterocycles. The summed E-state index contributed by atoms with van der Waals surface area (Å²) in [5.74, 6) is 0.425. The van der Waals surface area contributed by atoms with E-state index >= 15 is 0 Å². The maximum Gasteiger partial charge on any atom is 0.246 e. The molecule has 0 aliphatic rings. The Morgan fingerprint density at radius 2 is 1.28 bits per heavy atom. The van der Waals surface area contributed by atoms with Gasteiger partial charge in [-0.15, -0.1) is 10.2 Å². The van der Waals surface area contributed by atoms with E-state index in [1.165, 1.54) is 0 Å². The molecular formula is C23H28N4O3S2. The second-order valence-electron chi connectivity index (χ2n) is 7.86. The third kappa shape index (κ3) is 5.65. The molecule has 0 amide bonds. The van der Waals surface area contributed by atoms with Crippen molar-refractivity contribution in [1.82, 2.24) is 15.2 Å². The van der Waals surface area contributed by atoms with E-state index in [-0.39, 0.29) is 6.04 Å². The van der Waals surface area contributed by atoms with Gasteiger partial charge in [-0.2, -0.15) is 0 Å². The highest BCUT2D eigenvalue weighted by molar-refractivity contribution is 7.84. The Bertz CT molecular complexity index is 1120. The van der Waals surface area contributed by atoms with E-state index in [2.05, 4.69) is 10.2 Å². The first kappa shape index (κ1) is 24.2. The van der Waals surface area contributed by atoms with Crippen molar-refractivity contribution in [2.75, 3.05) is 24.0 Å². The molecule has 0 saturated heterocycles. The number of aliphatic hydroxyl groups excluding tert-OH is 1. The van der Waals surface area contributed by atoms with E-state index < -0.39 is 27.7 Å². The van der Waals surface area contributed by atoms with Crippen LogP contribution >= 0.6 is 0 Å². The average molecular weight is 473 g/mol. The molecule has 3 aromatic rings. The zero-order valence-electron chi connectivity index (χ0n) is 18.8. The lowest BCUT2D eigenvalue weighted by molar-refractivity contribution is 0.197. The van der Waals surface area contributed by atoms with Gasteiger partial charge in [0.1, 0.15) is 11.4 Å². The lowest BCUT2D eigenvalue weighted by Gasteiger charge is -2.28. The van der Waals surface area contributed by atoms with Crippen LogP contribution in [-0.2, 0) is 21.6 Å². The fourth-order valence-corrected chi connectivity index (χ4v) is 4.29. The second kappa shape index (κ2) is 10.4. The molecule has 1 aromatic heterocycles. The van der Waals surface area contributed by atoms with Crippen LogP contribution < -0.4 is 4.90 Å². The molecule has 9 heteroatoms. The van der Waals surface area contributed by atoms with Gasteiger partial charge in [-0.25, -0.2) is 4.98 Å². The molecule has 0 spiro atoms. The molecule has 3 rings (SSSR count). The third-order valence-electron chi connectivity index (χ3n) is 4.94. The fourth-order valence-electron chi connectivity index (χ4n) is 3.25. The number of hydrogen-bond donors (Lipinski definition) is 1. The Morgan fingerprint density at radius 3 is 1.69 bits per heavy atom. The number of benzene rings is 2. The minimum absolute atomic E-state index is 0.0637. The maximum atomic E-state index is 11.8. The van der Waals surface area contributed by atoms with Gasteiger partial charge in [-0.05, 0) is 45.0 Å². The normalized spacial score (nSPS) is 14.2. The molecule has 0 radical (unpaired) electrons. The summed E-state index contributed by atoms with van der Waals surface area (Å²) in [5.41, 5.74) is 2.84. The SMILES string of the molecule is CC(O)CN(c1nnc(-c2ccc(S(C)=O)cc2)c(-c2ccc(S(C)=O)cc2)n1)C(C)C. The summed E-state index contributed by atoms with van der Waals surface area (Å²) >= 11 is 0. The highest BCUT2D eigenvalue weighted by Gasteiger charge is 2.20. The average Bonchev–Trinajstić information content (AvgIpc) is 2.77. The Hall–Kier alpha value is -2.49. The molecule has 0 aliphatic carbocycles. The molecule has 1 N–H and O–H groups in total. The molecule has 3 unspecified atom stereocenters. The monoisotopic (exact) mass is 472 g/mol. The highest BCUT2D eigenvalue weighted by Crippen LogP contribution is 2.31. The summed E-state index contributed by atoms with van der Waals surface area (Å²) in [6.07, 6.45) is 2.73. The number of nitrogens with zero attached hydrogens (tertiary/aromatic N) is 4. The summed E-state index contributed by atoms with van der Waals surface area (Å²) in [4.78, 5) is 8.19. The Morgan fingerprint density at radius 1 is 0.812 bits per heavy atom. The number of aromatic nitrogens is 3. The van der Waals surface area contributed by atoms with Crippen molar-refractivity contribution < 1.29 is 13.5 Å². The molecular weight excluding hydrogens is 444 g/mol. The molecule has 0 aliphatic heterocycles. The van der Waals surface area contributed by atoms with Gasteiger partial charge in [-0.1, -0.05) is 24.3 Å². The van der Waals surface area contributed by atoms with Crippen LogP contribution in [0.5, 0.6) is 0 Å². The molecule has 32 heavy (non-hydrogen) atoms. The molecule has 7 nitrogen and oxygen atoms in total. The zero-order valence-corrected chi connectivity index (χ0v) is 20.5. The summed E-state index contributed by atoms with van der Waals surface area (Å²) in [7, 11) is -2.15.